The normalized spacial score (nSPS) is 18.9. The maximum atomic E-state index is 10.4. The van der Waals surface area contributed by atoms with Gasteiger partial charge in [-0.05, 0) is 60.5 Å². The molecule has 148 valence electrons. The van der Waals surface area contributed by atoms with E-state index in [0.29, 0.717) is 18.1 Å². The fraction of sp³-hybridized carbons (Fsp3) is 0.208. The lowest BCUT2D eigenvalue weighted by atomic mass is 9.93. The zero-order valence-electron chi connectivity index (χ0n) is 16.2. The Hall–Kier alpha value is -2.82. The quantitative estimate of drug-likeness (QED) is 0.574. The van der Waals surface area contributed by atoms with Crippen molar-refractivity contribution in [2.75, 3.05) is 6.61 Å². The molecule has 0 spiro atoms. The number of ether oxygens (including phenoxy) is 1. The average molecular weight is 407 g/mol. The first-order valence-electron chi connectivity index (χ1n) is 9.73. The number of aliphatic imine (C=N–C) groups is 1. The van der Waals surface area contributed by atoms with Crippen molar-refractivity contribution in [3.8, 4) is 11.5 Å². The number of phenols is 1. The van der Waals surface area contributed by atoms with E-state index in [-0.39, 0.29) is 18.0 Å². The first-order valence-corrected chi connectivity index (χ1v) is 10.1. The molecule has 0 radical (unpaired) electrons. The molecule has 0 amide bonds. The van der Waals surface area contributed by atoms with Gasteiger partial charge >= 0.3 is 0 Å². The van der Waals surface area contributed by atoms with Crippen LogP contribution in [0.2, 0.25) is 5.02 Å². The Morgan fingerprint density at radius 1 is 1.03 bits per heavy atom. The highest BCUT2D eigenvalue weighted by atomic mass is 35.5. The second-order valence-electron chi connectivity index (χ2n) is 6.97. The Balaban J connectivity index is 1.71. The maximum Gasteiger partial charge on any atom is 0.126 e. The predicted molar refractivity (Wildman–Crippen MR) is 117 cm³/mol. The van der Waals surface area contributed by atoms with Crippen LogP contribution in [0, 0.1) is 0 Å². The molecular weight excluding hydrogens is 384 g/mol. The Labute approximate surface area is 175 Å². The highest BCUT2D eigenvalue weighted by molar-refractivity contribution is 6.30. The number of rotatable bonds is 5. The van der Waals surface area contributed by atoms with Crippen molar-refractivity contribution in [3.63, 3.8) is 0 Å². The monoisotopic (exact) mass is 406 g/mol. The van der Waals surface area contributed by atoms with E-state index in [0.717, 1.165) is 28.2 Å². The van der Waals surface area contributed by atoms with E-state index in [1.54, 1.807) is 6.07 Å². The van der Waals surface area contributed by atoms with Gasteiger partial charge in [0.05, 0.1) is 6.61 Å². The summed E-state index contributed by atoms with van der Waals surface area (Å²) in [5.74, 6) is 1.13. The van der Waals surface area contributed by atoms with E-state index in [1.165, 1.54) is 0 Å². The minimum absolute atomic E-state index is 0.0593. The zero-order valence-corrected chi connectivity index (χ0v) is 16.9. The van der Waals surface area contributed by atoms with Crippen molar-refractivity contribution in [2.45, 2.75) is 25.6 Å². The molecule has 0 unspecified atom stereocenters. The van der Waals surface area contributed by atoms with Crippen LogP contribution in [0.4, 0.5) is 0 Å². The van der Waals surface area contributed by atoms with Crippen molar-refractivity contribution in [2.24, 2.45) is 4.99 Å². The van der Waals surface area contributed by atoms with Crippen molar-refractivity contribution in [3.05, 3.63) is 94.5 Å². The van der Waals surface area contributed by atoms with Crippen LogP contribution in [0.3, 0.4) is 0 Å². The largest absolute Gasteiger partial charge is 0.508 e. The lowest BCUT2D eigenvalue weighted by Gasteiger charge is -2.31. The number of hydrogen-bond acceptors (Lipinski definition) is 4. The van der Waals surface area contributed by atoms with Crippen LogP contribution in [0.25, 0.3) is 0 Å². The number of hydrogen-bond donors (Lipinski definition) is 2. The second kappa shape index (κ2) is 8.68. The predicted octanol–water partition coefficient (Wildman–Crippen LogP) is 5.67. The summed E-state index contributed by atoms with van der Waals surface area (Å²) in [7, 11) is 0. The third-order valence-electron chi connectivity index (χ3n) is 5.04. The van der Waals surface area contributed by atoms with Gasteiger partial charge < -0.3 is 9.84 Å². The van der Waals surface area contributed by atoms with Gasteiger partial charge in [0.15, 0.2) is 0 Å². The Morgan fingerprint density at radius 3 is 2.45 bits per heavy atom. The van der Waals surface area contributed by atoms with Gasteiger partial charge in [0.1, 0.15) is 17.7 Å². The molecule has 0 saturated carbocycles. The number of halogens is 1. The van der Waals surface area contributed by atoms with E-state index in [4.69, 9.17) is 21.3 Å². The van der Waals surface area contributed by atoms with Gasteiger partial charge in [0.2, 0.25) is 0 Å². The molecular formula is C24H23ClN2O2. The Bertz CT molecular complexity index is 1000. The molecule has 4 rings (SSSR count). The van der Waals surface area contributed by atoms with Crippen molar-refractivity contribution in [1.29, 1.82) is 0 Å². The summed E-state index contributed by atoms with van der Waals surface area (Å²) in [5, 5.41) is 14.6. The Morgan fingerprint density at radius 2 is 1.76 bits per heavy atom. The molecule has 5 heteroatoms. The van der Waals surface area contributed by atoms with E-state index < -0.39 is 0 Å². The molecule has 1 aliphatic rings. The average Bonchev–Trinajstić information content (AvgIpc) is 2.75. The van der Waals surface area contributed by atoms with Crippen LogP contribution in [0.1, 0.15) is 42.2 Å². The second-order valence-corrected chi connectivity index (χ2v) is 7.41. The number of nitrogens with zero attached hydrogens (tertiary/aromatic N) is 1. The molecule has 4 nitrogen and oxygen atoms in total. The van der Waals surface area contributed by atoms with E-state index in [2.05, 4.69) is 5.32 Å². The SMILES string of the molecule is CCOc1ccc(C2=N[C@@H](c3ccc(Cl)cc3)N[C@H](c3ccccc3O)C2)cc1. The van der Waals surface area contributed by atoms with Crippen LogP contribution in [0.5, 0.6) is 11.5 Å². The van der Waals surface area contributed by atoms with E-state index >= 15 is 0 Å². The topological polar surface area (TPSA) is 53.8 Å². The summed E-state index contributed by atoms with van der Waals surface area (Å²) >= 11 is 6.06. The number of benzene rings is 3. The van der Waals surface area contributed by atoms with Crippen LogP contribution >= 0.6 is 11.6 Å². The molecule has 2 N–H and O–H groups in total. The highest BCUT2D eigenvalue weighted by Crippen LogP contribution is 2.34. The maximum absolute atomic E-state index is 10.4. The molecule has 0 saturated heterocycles. The summed E-state index contributed by atoms with van der Waals surface area (Å²) in [6.07, 6.45) is 0.447. The number of nitrogens with one attached hydrogen (secondary N) is 1. The summed E-state index contributed by atoms with van der Waals surface area (Å²) < 4.78 is 5.56. The van der Waals surface area contributed by atoms with Gasteiger partial charge in [-0.3, -0.25) is 10.3 Å². The van der Waals surface area contributed by atoms with E-state index in [9.17, 15) is 5.11 Å². The molecule has 1 heterocycles. The summed E-state index contributed by atoms with van der Waals surface area (Å²) in [6, 6.07) is 23.1. The third kappa shape index (κ3) is 4.44. The third-order valence-corrected chi connectivity index (χ3v) is 5.29. The molecule has 3 aromatic carbocycles. The Kier molecular flexibility index (Phi) is 5.84. The minimum Gasteiger partial charge on any atom is -0.508 e. The van der Waals surface area contributed by atoms with E-state index in [1.807, 2.05) is 73.7 Å². The zero-order chi connectivity index (χ0) is 20.2. The first kappa shape index (κ1) is 19.5. The molecule has 3 aromatic rings. The van der Waals surface area contributed by atoms with Gasteiger partial charge in [-0.25, -0.2) is 0 Å². The first-order chi connectivity index (χ1) is 14.1. The molecule has 0 aromatic heterocycles. The molecule has 0 bridgehead atoms. The van der Waals surface area contributed by atoms with Crippen molar-refractivity contribution >= 4 is 17.3 Å². The minimum atomic E-state index is -0.229. The van der Waals surface area contributed by atoms with Crippen LogP contribution in [-0.4, -0.2) is 17.4 Å². The number of aromatic hydroxyl groups is 1. The van der Waals surface area contributed by atoms with Gasteiger partial charge in [0, 0.05) is 28.8 Å². The summed E-state index contributed by atoms with van der Waals surface area (Å²) in [5.41, 5.74) is 3.93. The molecule has 0 fully saturated rings. The fourth-order valence-electron chi connectivity index (χ4n) is 3.59. The lowest BCUT2D eigenvalue weighted by molar-refractivity contribution is 0.340. The molecule has 1 aliphatic heterocycles. The fourth-order valence-corrected chi connectivity index (χ4v) is 3.72. The number of para-hydroxylation sites is 1. The van der Waals surface area contributed by atoms with Crippen LogP contribution in [-0.2, 0) is 0 Å². The van der Waals surface area contributed by atoms with Crippen molar-refractivity contribution in [1.82, 2.24) is 5.32 Å². The standard InChI is InChI=1S/C24H23ClN2O2/c1-2-29-19-13-9-16(10-14-19)21-15-22(20-5-3-4-6-23(20)28)27-24(26-21)17-7-11-18(25)12-8-17/h3-14,22,24,27-28H,2,15H2,1H3/t22-,24+/m0/s1. The molecule has 2 atom stereocenters. The van der Waals surface area contributed by atoms with Crippen LogP contribution < -0.4 is 10.1 Å². The summed E-state index contributed by atoms with van der Waals surface area (Å²) in [4.78, 5) is 4.97. The van der Waals surface area contributed by atoms with Gasteiger partial charge in [-0.15, -0.1) is 0 Å². The number of phenolic OH excluding ortho intramolecular Hbond substituents is 1. The van der Waals surface area contributed by atoms with Gasteiger partial charge in [-0.1, -0.05) is 41.9 Å². The van der Waals surface area contributed by atoms with Crippen molar-refractivity contribution < 1.29 is 9.84 Å². The van der Waals surface area contributed by atoms with Gasteiger partial charge in [0.25, 0.3) is 0 Å². The molecule has 0 aliphatic carbocycles. The lowest BCUT2D eigenvalue weighted by Crippen LogP contribution is -2.33. The van der Waals surface area contributed by atoms with Crippen LogP contribution in [0.15, 0.2) is 77.8 Å². The van der Waals surface area contributed by atoms with Gasteiger partial charge in [-0.2, -0.15) is 0 Å². The smallest absolute Gasteiger partial charge is 0.126 e. The highest BCUT2D eigenvalue weighted by Gasteiger charge is 2.27. The summed E-state index contributed by atoms with van der Waals surface area (Å²) in [6.45, 7) is 2.61. The molecule has 29 heavy (non-hydrogen) atoms.